The fourth-order valence-corrected chi connectivity index (χ4v) is 3.20. The Morgan fingerprint density at radius 2 is 2.20 bits per heavy atom. The van der Waals surface area contributed by atoms with Gasteiger partial charge in [0, 0.05) is 13.6 Å². The van der Waals surface area contributed by atoms with E-state index in [1.165, 1.54) is 43.0 Å². The summed E-state index contributed by atoms with van der Waals surface area (Å²) in [6, 6.07) is 2.21. The molecule has 0 spiro atoms. The third-order valence-electron chi connectivity index (χ3n) is 3.17. The molecule has 84 valence electrons. The Kier molecular flexibility index (Phi) is 3.65. The van der Waals surface area contributed by atoms with E-state index in [1.807, 2.05) is 11.3 Å². The highest BCUT2D eigenvalue weighted by molar-refractivity contribution is 7.14. The van der Waals surface area contributed by atoms with Crippen LogP contribution in [0.15, 0.2) is 11.4 Å². The van der Waals surface area contributed by atoms with Crippen molar-refractivity contribution in [3.05, 3.63) is 17.0 Å². The van der Waals surface area contributed by atoms with E-state index in [0.717, 1.165) is 5.92 Å². The van der Waals surface area contributed by atoms with E-state index >= 15 is 0 Å². The molecular formula is C12H20N2S. The first-order valence-electron chi connectivity index (χ1n) is 5.73. The topological polar surface area (TPSA) is 15.3 Å². The number of nitrogens with zero attached hydrogens (tertiary/aromatic N) is 1. The number of aryl methyl sites for hydroxylation is 1. The molecule has 0 unspecified atom stereocenters. The Hall–Kier alpha value is -0.540. The van der Waals surface area contributed by atoms with Gasteiger partial charge in [0.15, 0.2) is 0 Å². The molecule has 0 atom stereocenters. The van der Waals surface area contributed by atoms with Crippen molar-refractivity contribution >= 4 is 16.3 Å². The van der Waals surface area contributed by atoms with Crippen LogP contribution in [-0.2, 0) is 0 Å². The number of rotatable bonds is 3. The highest BCUT2D eigenvalue weighted by Crippen LogP contribution is 2.27. The van der Waals surface area contributed by atoms with Crippen molar-refractivity contribution in [1.29, 1.82) is 0 Å². The van der Waals surface area contributed by atoms with E-state index in [9.17, 15) is 0 Å². The average molecular weight is 224 g/mol. The van der Waals surface area contributed by atoms with Crippen LogP contribution < -0.4 is 10.2 Å². The maximum Gasteiger partial charge on any atom is 0.0935 e. The molecule has 0 aliphatic carbocycles. The third kappa shape index (κ3) is 2.73. The molecule has 0 radical (unpaired) electrons. The third-order valence-corrected chi connectivity index (χ3v) is 4.30. The van der Waals surface area contributed by atoms with Crippen LogP contribution in [0.25, 0.3) is 0 Å². The van der Waals surface area contributed by atoms with E-state index in [0.29, 0.717) is 0 Å². The monoisotopic (exact) mass is 224 g/mol. The van der Waals surface area contributed by atoms with Gasteiger partial charge in [-0.25, -0.2) is 0 Å². The minimum atomic E-state index is 0.873. The first-order valence-corrected chi connectivity index (χ1v) is 6.61. The predicted octanol–water partition coefficient (Wildman–Crippen LogP) is 2.49. The van der Waals surface area contributed by atoms with Gasteiger partial charge >= 0.3 is 0 Å². The van der Waals surface area contributed by atoms with Crippen LogP contribution in [0, 0.1) is 12.8 Å². The second kappa shape index (κ2) is 4.99. The molecule has 15 heavy (non-hydrogen) atoms. The lowest BCUT2D eigenvalue weighted by molar-refractivity contribution is 0.378. The van der Waals surface area contributed by atoms with E-state index in [1.54, 1.807) is 0 Å². The first-order chi connectivity index (χ1) is 7.27. The Balaban J connectivity index is 1.91. The number of thiophene rings is 1. The largest absolute Gasteiger partial charge is 0.366 e. The lowest BCUT2D eigenvalue weighted by Gasteiger charge is -2.28. The Morgan fingerprint density at radius 3 is 2.80 bits per heavy atom. The van der Waals surface area contributed by atoms with Gasteiger partial charge in [-0.1, -0.05) is 0 Å². The van der Waals surface area contributed by atoms with Gasteiger partial charge in [0.05, 0.1) is 5.00 Å². The Labute approximate surface area is 96.3 Å². The predicted molar refractivity (Wildman–Crippen MR) is 67.9 cm³/mol. The van der Waals surface area contributed by atoms with Gasteiger partial charge in [0.1, 0.15) is 0 Å². The first kappa shape index (κ1) is 11.0. The molecule has 2 rings (SSSR count). The second-order valence-corrected chi connectivity index (χ2v) is 5.38. The van der Waals surface area contributed by atoms with Crippen LogP contribution >= 0.6 is 11.3 Å². The molecule has 0 bridgehead atoms. The summed E-state index contributed by atoms with van der Waals surface area (Å²) in [5.41, 5.74) is 1.41. The maximum atomic E-state index is 3.42. The molecule has 0 aromatic carbocycles. The van der Waals surface area contributed by atoms with Crippen molar-refractivity contribution in [2.24, 2.45) is 5.92 Å². The minimum Gasteiger partial charge on any atom is -0.366 e. The summed E-state index contributed by atoms with van der Waals surface area (Å²) in [6.45, 7) is 5.80. The number of anilines is 1. The van der Waals surface area contributed by atoms with E-state index < -0.39 is 0 Å². The van der Waals surface area contributed by atoms with E-state index in [2.05, 4.69) is 35.6 Å². The standard InChI is InChI=1S/C12H20N2S/c1-10-5-8-15-12(10)14(2)9-11-3-6-13-7-4-11/h5,8,11,13H,3-4,6-7,9H2,1-2H3. The van der Waals surface area contributed by atoms with Crippen LogP contribution in [0.1, 0.15) is 18.4 Å². The summed E-state index contributed by atoms with van der Waals surface area (Å²) in [7, 11) is 2.22. The van der Waals surface area contributed by atoms with Gasteiger partial charge < -0.3 is 10.2 Å². The quantitative estimate of drug-likeness (QED) is 0.848. The molecule has 0 amide bonds. The summed E-state index contributed by atoms with van der Waals surface area (Å²) in [6.07, 6.45) is 2.66. The molecule has 2 nitrogen and oxygen atoms in total. The average Bonchev–Trinajstić information content (AvgIpc) is 2.66. The number of hydrogen-bond donors (Lipinski definition) is 1. The smallest absolute Gasteiger partial charge is 0.0935 e. The van der Waals surface area contributed by atoms with Crippen LogP contribution in [0.4, 0.5) is 5.00 Å². The molecule has 1 aromatic heterocycles. The van der Waals surface area contributed by atoms with Gasteiger partial charge in [-0.3, -0.25) is 0 Å². The molecule has 1 aromatic rings. The van der Waals surface area contributed by atoms with E-state index in [-0.39, 0.29) is 0 Å². The van der Waals surface area contributed by atoms with Gasteiger partial charge in [-0.15, -0.1) is 11.3 Å². The fraction of sp³-hybridized carbons (Fsp3) is 0.667. The van der Waals surface area contributed by atoms with Crippen molar-refractivity contribution in [2.45, 2.75) is 19.8 Å². The molecule has 1 fully saturated rings. The summed E-state index contributed by atoms with van der Waals surface area (Å²) < 4.78 is 0. The van der Waals surface area contributed by atoms with E-state index in [4.69, 9.17) is 0 Å². The SMILES string of the molecule is Cc1ccsc1N(C)CC1CCNCC1. The normalized spacial score (nSPS) is 18.0. The lowest BCUT2D eigenvalue weighted by atomic mass is 9.98. The molecule has 1 aliphatic heterocycles. The zero-order valence-corrected chi connectivity index (χ0v) is 10.4. The summed E-state index contributed by atoms with van der Waals surface area (Å²) in [4.78, 5) is 2.43. The molecule has 1 aliphatic rings. The summed E-state index contributed by atoms with van der Waals surface area (Å²) in [5, 5.41) is 7.04. The van der Waals surface area contributed by atoms with Gasteiger partial charge in [0.2, 0.25) is 0 Å². The Morgan fingerprint density at radius 1 is 1.47 bits per heavy atom. The molecule has 2 heterocycles. The van der Waals surface area contributed by atoms with Crippen LogP contribution in [0.2, 0.25) is 0 Å². The second-order valence-electron chi connectivity index (χ2n) is 4.48. The fourth-order valence-electron chi connectivity index (χ4n) is 2.29. The maximum absolute atomic E-state index is 3.42. The summed E-state index contributed by atoms with van der Waals surface area (Å²) >= 11 is 1.86. The molecule has 1 saturated heterocycles. The van der Waals surface area contributed by atoms with Crippen molar-refractivity contribution in [3.8, 4) is 0 Å². The summed E-state index contributed by atoms with van der Waals surface area (Å²) in [5.74, 6) is 0.873. The zero-order valence-electron chi connectivity index (χ0n) is 9.62. The zero-order chi connectivity index (χ0) is 10.7. The molecular weight excluding hydrogens is 204 g/mol. The number of piperidine rings is 1. The van der Waals surface area contributed by atoms with Crippen molar-refractivity contribution in [3.63, 3.8) is 0 Å². The van der Waals surface area contributed by atoms with Crippen molar-refractivity contribution < 1.29 is 0 Å². The van der Waals surface area contributed by atoms with Gasteiger partial charge in [0.25, 0.3) is 0 Å². The highest BCUT2D eigenvalue weighted by atomic mass is 32.1. The Bertz CT molecular complexity index is 302. The lowest BCUT2D eigenvalue weighted by Crippen LogP contribution is -2.34. The molecule has 1 N–H and O–H groups in total. The molecule has 3 heteroatoms. The minimum absolute atomic E-state index is 0.873. The van der Waals surface area contributed by atoms with Crippen LogP contribution in [0.3, 0.4) is 0 Å². The molecule has 0 saturated carbocycles. The number of nitrogens with one attached hydrogen (secondary N) is 1. The van der Waals surface area contributed by atoms with Gasteiger partial charge in [-0.2, -0.15) is 0 Å². The van der Waals surface area contributed by atoms with Crippen LogP contribution in [-0.4, -0.2) is 26.7 Å². The van der Waals surface area contributed by atoms with Crippen molar-refractivity contribution in [1.82, 2.24) is 5.32 Å². The van der Waals surface area contributed by atoms with Crippen molar-refractivity contribution in [2.75, 3.05) is 31.6 Å². The number of hydrogen-bond acceptors (Lipinski definition) is 3. The highest BCUT2D eigenvalue weighted by Gasteiger charge is 2.16. The van der Waals surface area contributed by atoms with Crippen LogP contribution in [0.5, 0.6) is 0 Å². The van der Waals surface area contributed by atoms with Gasteiger partial charge in [-0.05, 0) is 55.8 Å².